The van der Waals surface area contributed by atoms with Crippen LogP contribution in [0.3, 0.4) is 0 Å². The molecule has 0 bridgehead atoms. The van der Waals surface area contributed by atoms with E-state index in [2.05, 4.69) is 20.5 Å². The van der Waals surface area contributed by atoms with Gasteiger partial charge < -0.3 is 4.90 Å². The van der Waals surface area contributed by atoms with Gasteiger partial charge in [0.1, 0.15) is 11.9 Å². The van der Waals surface area contributed by atoms with E-state index >= 15 is 0 Å². The predicted octanol–water partition coefficient (Wildman–Crippen LogP) is 2.05. The maximum Gasteiger partial charge on any atom is 0.249 e. The SMILES string of the molecule is CCCC(=O)N1CCCCC1C(=O)Nc1n[nH]c(C(C)C)n1. The van der Waals surface area contributed by atoms with E-state index in [1.807, 2.05) is 20.8 Å². The molecule has 1 aliphatic rings. The number of likely N-dealkylation sites (tertiary alicyclic amines) is 1. The first-order valence-corrected chi connectivity index (χ1v) is 8.05. The zero-order chi connectivity index (χ0) is 16.1. The number of carbonyl (C=O) groups excluding carboxylic acids is 2. The number of rotatable bonds is 5. The third kappa shape index (κ3) is 3.84. The molecule has 0 aliphatic carbocycles. The molecule has 0 radical (unpaired) electrons. The van der Waals surface area contributed by atoms with E-state index in [9.17, 15) is 9.59 Å². The van der Waals surface area contributed by atoms with E-state index in [4.69, 9.17) is 0 Å². The van der Waals surface area contributed by atoms with Crippen LogP contribution in [0.5, 0.6) is 0 Å². The molecular weight excluding hydrogens is 282 g/mol. The average molecular weight is 307 g/mol. The molecule has 122 valence electrons. The van der Waals surface area contributed by atoms with Crippen molar-refractivity contribution in [1.29, 1.82) is 0 Å². The molecule has 2 heterocycles. The van der Waals surface area contributed by atoms with Crippen LogP contribution in [0.15, 0.2) is 0 Å². The number of nitrogens with zero attached hydrogens (tertiary/aromatic N) is 3. The largest absolute Gasteiger partial charge is 0.331 e. The fraction of sp³-hybridized carbons (Fsp3) is 0.733. The molecule has 0 aromatic carbocycles. The number of hydrogen-bond donors (Lipinski definition) is 2. The summed E-state index contributed by atoms with van der Waals surface area (Å²) in [5.74, 6) is 1.09. The standard InChI is InChI=1S/C15H25N5O2/c1-4-7-12(21)20-9-6-5-8-11(20)14(22)17-15-16-13(10(2)3)18-19-15/h10-11H,4-9H2,1-3H3,(H2,16,17,18,19,22). The van der Waals surface area contributed by atoms with Crippen LogP contribution in [0.4, 0.5) is 5.95 Å². The number of hydrogen-bond acceptors (Lipinski definition) is 4. The van der Waals surface area contributed by atoms with E-state index in [0.29, 0.717) is 19.4 Å². The predicted molar refractivity (Wildman–Crippen MR) is 83.4 cm³/mol. The summed E-state index contributed by atoms with van der Waals surface area (Å²) in [7, 11) is 0. The number of carbonyl (C=O) groups is 2. The van der Waals surface area contributed by atoms with Gasteiger partial charge in [0.05, 0.1) is 0 Å². The van der Waals surface area contributed by atoms with E-state index in [1.54, 1.807) is 4.90 Å². The second-order valence-electron chi connectivity index (χ2n) is 6.04. The Bertz CT molecular complexity index is 526. The second-order valence-corrected chi connectivity index (χ2v) is 6.04. The van der Waals surface area contributed by atoms with Gasteiger partial charge in [-0.25, -0.2) is 0 Å². The summed E-state index contributed by atoms with van der Waals surface area (Å²) in [5, 5.41) is 9.55. The van der Waals surface area contributed by atoms with Crippen molar-refractivity contribution in [2.45, 2.75) is 64.8 Å². The lowest BCUT2D eigenvalue weighted by Gasteiger charge is -2.34. The zero-order valence-corrected chi connectivity index (χ0v) is 13.6. The van der Waals surface area contributed by atoms with Gasteiger partial charge in [-0.2, -0.15) is 4.98 Å². The molecule has 1 unspecified atom stereocenters. The number of aromatic amines is 1. The third-order valence-electron chi connectivity index (χ3n) is 3.87. The molecule has 1 aromatic rings. The molecule has 7 nitrogen and oxygen atoms in total. The van der Waals surface area contributed by atoms with Gasteiger partial charge in [-0.05, 0) is 25.7 Å². The van der Waals surface area contributed by atoms with Crippen molar-refractivity contribution in [2.75, 3.05) is 11.9 Å². The Morgan fingerprint density at radius 3 is 2.82 bits per heavy atom. The highest BCUT2D eigenvalue weighted by molar-refractivity contribution is 5.96. The zero-order valence-electron chi connectivity index (χ0n) is 13.6. The molecule has 1 saturated heterocycles. The maximum atomic E-state index is 12.5. The first kappa shape index (κ1) is 16.5. The Kier molecular flexibility index (Phi) is 5.51. The Morgan fingerprint density at radius 2 is 2.18 bits per heavy atom. The molecule has 2 amide bonds. The summed E-state index contributed by atoms with van der Waals surface area (Å²) < 4.78 is 0. The molecule has 7 heteroatoms. The van der Waals surface area contributed by atoms with Crippen molar-refractivity contribution in [3.8, 4) is 0 Å². The second kappa shape index (κ2) is 7.38. The lowest BCUT2D eigenvalue weighted by atomic mass is 10.0. The number of anilines is 1. The molecule has 0 saturated carbocycles. The minimum Gasteiger partial charge on any atom is -0.331 e. The monoisotopic (exact) mass is 307 g/mol. The lowest BCUT2D eigenvalue weighted by Crippen LogP contribution is -2.50. The number of aromatic nitrogens is 3. The summed E-state index contributed by atoms with van der Waals surface area (Å²) in [5.41, 5.74) is 0. The lowest BCUT2D eigenvalue weighted by molar-refractivity contribution is -0.140. The van der Waals surface area contributed by atoms with Crippen LogP contribution >= 0.6 is 0 Å². The van der Waals surface area contributed by atoms with Crippen LogP contribution in [0.25, 0.3) is 0 Å². The highest BCUT2D eigenvalue weighted by Crippen LogP contribution is 2.20. The molecule has 1 aromatic heterocycles. The third-order valence-corrected chi connectivity index (χ3v) is 3.87. The summed E-state index contributed by atoms with van der Waals surface area (Å²) in [6, 6.07) is -0.409. The molecular formula is C15H25N5O2. The topological polar surface area (TPSA) is 91.0 Å². The number of nitrogens with one attached hydrogen (secondary N) is 2. The van der Waals surface area contributed by atoms with Crippen LogP contribution in [-0.2, 0) is 9.59 Å². The number of H-pyrrole nitrogens is 1. The van der Waals surface area contributed by atoms with Crippen LogP contribution in [0, 0.1) is 0 Å². The Balaban J connectivity index is 2.03. The van der Waals surface area contributed by atoms with Gasteiger partial charge in [-0.3, -0.25) is 20.0 Å². The van der Waals surface area contributed by atoms with Crippen LogP contribution in [0.1, 0.15) is 64.6 Å². The molecule has 22 heavy (non-hydrogen) atoms. The van der Waals surface area contributed by atoms with Gasteiger partial charge in [0, 0.05) is 18.9 Å². The maximum absolute atomic E-state index is 12.5. The normalized spacial score (nSPS) is 18.5. The smallest absolute Gasteiger partial charge is 0.249 e. The van der Waals surface area contributed by atoms with Crippen LogP contribution in [0.2, 0.25) is 0 Å². The van der Waals surface area contributed by atoms with E-state index < -0.39 is 6.04 Å². The van der Waals surface area contributed by atoms with E-state index in [-0.39, 0.29) is 23.7 Å². The minimum atomic E-state index is -0.409. The summed E-state index contributed by atoms with van der Waals surface area (Å²) in [6.45, 7) is 6.62. The summed E-state index contributed by atoms with van der Waals surface area (Å²) >= 11 is 0. The number of piperidine rings is 1. The molecule has 1 atom stereocenters. The van der Waals surface area contributed by atoms with Crippen molar-refractivity contribution in [1.82, 2.24) is 20.1 Å². The Labute approximate surface area is 130 Å². The Hall–Kier alpha value is -1.92. The van der Waals surface area contributed by atoms with Crippen LogP contribution in [-0.4, -0.2) is 44.5 Å². The van der Waals surface area contributed by atoms with E-state index in [0.717, 1.165) is 25.1 Å². The van der Waals surface area contributed by atoms with Gasteiger partial charge >= 0.3 is 0 Å². The quantitative estimate of drug-likeness (QED) is 0.871. The minimum absolute atomic E-state index is 0.0557. The molecule has 1 fully saturated rings. The van der Waals surface area contributed by atoms with Gasteiger partial charge in [0.25, 0.3) is 0 Å². The fourth-order valence-electron chi connectivity index (χ4n) is 2.64. The van der Waals surface area contributed by atoms with Crippen molar-refractivity contribution >= 4 is 17.8 Å². The van der Waals surface area contributed by atoms with Crippen molar-refractivity contribution in [3.63, 3.8) is 0 Å². The van der Waals surface area contributed by atoms with Crippen molar-refractivity contribution < 1.29 is 9.59 Å². The first-order chi connectivity index (χ1) is 10.5. The molecule has 1 aliphatic heterocycles. The number of amides is 2. The summed E-state index contributed by atoms with van der Waals surface area (Å²) in [6.07, 6.45) is 3.89. The van der Waals surface area contributed by atoms with Crippen LogP contribution < -0.4 is 5.32 Å². The fourth-order valence-corrected chi connectivity index (χ4v) is 2.64. The highest BCUT2D eigenvalue weighted by atomic mass is 16.2. The van der Waals surface area contributed by atoms with E-state index in [1.165, 1.54) is 0 Å². The average Bonchev–Trinajstić information content (AvgIpc) is 2.96. The highest BCUT2D eigenvalue weighted by Gasteiger charge is 2.32. The van der Waals surface area contributed by atoms with Gasteiger partial charge in [0.2, 0.25) is 17.8 Å². The molecule has 0 spiro atoms. The first-order valence-electron chi connectivity index (χ1n) is 8.05. The molecule has 2 rings (SSSR count). The van der Waals surface area contributed by atoms with Gasteiger partial charge in [-0.1, -0.05) is 20.8 Å². The Morgan fingerprint density at radius 1 is 1.41 bits per heavy atom. The van der Waals surface area contributed by atoms with Crippen molar-refractivity contribution in [3.05, 3.63) is 5.82 Å². The van der Waals surface area contributed by atoms with Crippen molar-refractivity contribution in [2.24, 2.45) is 0 Å². The van der Waals surface area contributed by atoms with Gasteiger partial charge in [0.15, 0.2) is 0 Å². The summed E-state index contributed by atoms with van der Waals surface area (Å²) in [4.78, 5) is 30.6. The molecule has 2 N–H and O–H groups in total. The van der Waals surface area contributed by atoms with Gasteiger partial charge in [-0.15, -0.1) is 5.10 Å².